The maximum absolute atomic E-state index is 12.3. The van der Waals surface area contributed by atoms with Crippen molar-refractivity contribution in [1.82, 2.24) is 26.3 Å². The van der Waals surface area contributed by atoms with Gasteiger partial charge in [-0.1, -0.05) is 6.07 Å². The van der Waals surface area contributed by atoms with Gasteiger partial charge < -0.3 is 41.0 Å². The summed E-state index contributed by atoms with van der Waals surface area (Å²) in [6.07, 6.45) is 2.31. The number of aromatic hydroxyl groups is 1. The number of phenolic OH excluding ortho intramolecular Hbond substituents is 1. The molecule has 2 aromatic rings. The lowest BCUT2D eigenvalue weighted by Crippen LogP contribution is -2.48. The lowest BCUT2D eigenvalue weighted by molar-refractivity contribution is -0.139. The number of urea groups is 1. The largest absolute Gasteiger partial charge is 0.507 e. The highest BCUT2D eigenvalue weighted by Crippen LogP contribution is 2.23. The number of phenols is 1. The molecule has 0 aliphatic heterocycles. The topological polar surface area (TPSA) is 188 Å². The van der Waals surface area contributed by atoms with Crippen molar-refractivity contribution in [2.45, 2.75) is 12.6 Å². The fraction of sp³-hybridized carbons (Fsp3) is 0.286. The van der Waals surface area contributed by atoms with Crippen LogP contribution in [0.5, 0.6) is 11.5 Å². The van der Waals surface area contributed by atoms with Crippen LogP contribution in [-0.2, 0) is 16.1 Å². The molecule has 0 aliphatic rings. The third-order valence-electron chi connectivity index (χ3n) is 4.29. The number of pyridine rings is 1. The highest BCUT2D eigenvalue weighted by atomic mass is 16.5. The number of nitrogens with zero attached hydrogens (tertiary/aromatic N) is 1. The molecule has 1 aromatic carbocycles. The van der Waals surface area contributed by atoms with E-state index in [1.807, 2.05) is 6.07 Å². The number of aliphatic carboxylic acids is 1. The minimum atomic E-state index is -1.42. The van der Waals surface area contributed by atoms with E-state index in [9.17, 15) is 24.3 Å². The number of ether oxygens (including phenoxy) is 2. The van der Waals surface area contributed by atoms with Gasteiger partial charge in [-0.3, -0.25) is 9.78 Å². The van der Waals surface area contributed by atoms with Crippen LogP contribution < -0.4 is 26.0 Å². The van der Waals surface area contributed by atoms with Gasteiger partial charge in [0.15, 0.2) is 0 Å². The Morgan fingerprint density at radius 1 is 1.12 bits per heavy atom. The number of alkyl carbamates (subject to hydrolysis) is 1. The van der Waals surface area contributed by atoms with E-state index in [0.717, 1.165) is 12.7 Å². The predicted octanol–water partition coefficient (Wildman–Crippen LogP) is 0.204. The minimum absolute atomic E-state index is 0.102. The van der Waals surface area contributed by atoms with Gasteiger partial charge in [-0.2, -0.15) is 0 Å². The van der Waals surface area contributed by atoms with Crippen molar-refractivity contribution in [3.8, 4) is 11.5 Å². The summed E-state index contributed by atoms with van der Waals surface area (Å²) >= 11 is 0. The number of carbonyl (C=O) groups is 4. The lowest BCUT2D eigenvalue weighted by Gasteiger charge is -2.15. The molecule has 0 fully saturated rings. The zero-order valence-corrected chi connectivity index (χ0v) is 18.2. The summed E-state index contributed by atoms with van der Waals surface area (Å²) < 4.78 is 9.77. The monoisotopic (exact) mass is 475 g/mol. The molecule has 4 amide bonds. The highest BCUT2D eigenvalue weighted by Gasteiger charge is 2.22. The first-order valence-electron chi connectivity index (χ1n) is 10.0. The molecule has 13 nitrogen and oxygen atoms in total. The van der Waals surface area contributed by atoms with Crippen LogP contribution >= 0.6 is 0 Å². The number of amides is 4. The number of benzene rings is 1. The van der Waals surface area contributed by atoms with Crippen LogP contribution in [0.1, 0.15) is 15.9 Å². The van der Waals surface area contributed by atoms with Crippen molar-refractivity contribution in [3.05, 3.63) is 53.9 Å². The molecule has 0 spiro atoms. The Labute approximate surface area is 194 Å². The van der Waals surface area contributed by atoms with Gasteiger partial charge in [0.25, 0.3) is 5.91 Å². The molecule has 13 heteroatoms. The van der Waals surface area contributed by atoms with Crippen molar-refractivity contribution in [2.24, 2.45) is 0 Å². The Balaban J connectivity index is 1.76. The maximum Gasteiger partial charge on any atom is 0.407 e. The summed E-state index contributed by atoms with van der Waals surface area (Å²) in [6.45, 7) is 0.176. The highest BCUT2D eigenvalue weighted by molar-refractivity contribution is 5.97. The van der Waals surface area contributed by atoms with E-state index in [2.05, 4.69) is 31.0 Å². The van der Waals surface area contributed by atoms with Crippen molar-refractivity contribution in [2.75, 3.05) is 26.8 Å². The SMILES string of the molecule is COC(=O)N[C@@H](CNC(=O)c1ccc(OCCNC(=O)NCc2cccnc2)cc1O)C(=O)O. The van der Waals surface area contributed by atoms with Crippen LogP contribution in [0.4, 0.5) is 9.59 Å². The number of carboxylic acids is 1. The molecule has 6 N–H and O–H groups in total. The van der Waals surface area contributed by atoms with Crippen LogP contribution in [0.25, 0.3) is 0 Å². The first-order chi connectivity index (χ1) is 16.3. The average molecular weight is 475 g/mol. The van der Waals surface area contributed by atoms with Crippen molar-refractivity contribution in [1.29, 1.82) is 0 Å². The molecule has 1 aromatic heterocycles. The first-order valence-corrected chi connectivity index (χ1v) is 10.0. The zero-order valence-electron chi connectivity index (χ0n) is 18.2. The summed E-state index contributed by atoms with van der Waals surface area (Å²) in [5.74, 6) is -2.28. The summed E-state index contributed by atoms with van der Waals surface area (Å²) in [5.41, 5.74) is 0.731. The number of carboxylic acid groups (broad SMARTS) is 1. The van der Waals surface area contributed by atoms with E-state index in [4.69, 9.17) is 9.84 Å². The second kappa shape index (κ2) is 13.1. The second-order valence-corrected chi connectivity index (χ2v) is 6.73. The van der Waals surface area contributed by atoms with E-state index < -0.39 is 36.3 Å². The number of methoxy groups -OCH3 is 1. The standard InChI is InChI=1S/C21H25N5O8/c1-33-21(32)26-16(19(29)30)12-24-18(28)15-5-4-14(9-17(15)27)34-8-7-23-20(31)25-11-13-3-2-6-22-10-13/h2-6,9-10,16,27H,7-8,11-12H2,1H3,(H,24,28)(H,26,32)(H,29,30)(H2,23,25,31)/t16-/m0/s1. The molecular weight excluding hydrogens is 450 g/mol. The van der Waals surface area contributed by atoms with E-state index >= 15 is 0 Å². The van der Waals surface area contributed by atoms with Gasteiger partial charge in [0.05, 0.1) is 19.2 Å². The number of carbonyl (C=O) groups excluding carboxylic acids is 3. The van der Waals surface area contributed by atoms with Gasteiger partial charge in [-0.15, -0.1) is 0 Å². The Hall–Kier alpha value is -4.55. The Morgan fingerprint density at radius 2 is 1.91 bits per heavy atom. The zero-order chi connectivity index (χ0) is 24.9. The van der Waals surface area contributed by atoms with Gasteiger partial charge in [0, 0.05) is 31.5 Å². The number of nitrogens with one attached hydrogen (secondary N) is 4. The molecule has 1 atom stereocenters. The van der Waals surface area contributed by atoms with Crippen molar-refractivity contribution >= 4 is 24.0 Å². The molecule has 34 heavy (non-hydrogen) atoms. The number of hydrogen-bond donors (Lipinski definition) is 6. The molecule has 0 bridgehead atoms. The Morgan fingerprint density at radius 3 is 2.56 bits per heavy atom. The lowest BCUT2D eigenvalue weighted by atomic mass is 10.1. The maximum atomic E-state index is 12.3. The Kier molecular flexibility index (Phi) is 9.91. The van der Waals surface area contributed by atoms with E-state index in [0.29, 0.717) is 6.54 Å². The van der Waals surface area contributed by atoms with E-state index in [1.165, 1.54) is 18.2 Å². The Bertz CT molecular complexity index is 1000. The van der Waals surface area contributed by atoms with E-state index in [1.54, 1.807) is 18.5 Å². The van der Waals surface area contributed by atoms with Crippen LogP contribution in [0.3, 0.4) is 0 Å². The molecular formula is C21H25N5O8. The molecule has 0 radical (unpaired) electrons. The molecule has 0 saturated carbocycles. The number of aromatic nitrogens is 1. The smallest absolute Gasteiger partial charge is 0.407 e. The van der Waals surface area contributed by atoms with Gasteiger partial charge in [-0.05, 0) is 23.8 Å². The van der Waals surface area contributed by atoms with Gasteiger partial charge >= 0.3 is 18.1 Å². The predicted molar refractivity (Wildman–Crippen MR) is 117 cm³/mol. The number of rotatable bonds is 11. The summed E-state index contributed by atoms with van der Waals surface area (Å²) in [6, 6.07) is 5.71. The summed E-state index contributed by atoms with van der Waals surface area (Å²) in [7, 11) is 1.07. The quantitative estimate of drug-likeness (QED) is 0.247. The minimum Gasteiger partial charge on any atom is -0.507 e. The molecule has 0 unspecified atom stereocenters. The third kappa shape index (κ3) is 8.53. The summed E-state index contributed by atoms with van der Waals surface area (Å²) in [5, 5.41) is 28.8. The van der Waals surface area contributed by atoms with Crippen LogP contribution in [-0.4, -0.2) is 72.0 Å². The second-order valence-electron chi connectivity index (χ2n) is 6.73. The van der Waals surface area contributed by atoms with Gasteiger partial charge in [-0.25, -0.2) is 14.4 Å². The molecule has 1 heterocycles. The van der Waals surface area contributed by atoms with E-state index in [-0.39, 0.29) is 30.5 Å². The van der Waals surface area contributed by atoms with Gasteiger partial charge in [0.2, 0.25) is 0 Å². The fourth-order valence-corrected chi connectivity index (χ4v) is 2.57. The fourth-order valence-electron chi connectivity index (χ4n) is 2.57. The van der Waals surface area contributed by atoms with Crippen LogP contribution in [0.15, 0.2) is 42.7 Å². The normalized spacial score (nSPS) is 11.0. The van der Waals surface area contributed by atoms with Crippen LogP contribution in [0.2, 0.25) is 0 Å². The van der Waals surface area contributed by atoms with Gasteiger partial charge in [0.1, 0.15) is 24.1 Å². The number of hydrogen-bond acceptors (Lipinski definition) is 8. The third-order valence-corrected chi connectivity index (χ3v) is 4.29. The first kappa shape index (κ1) is 25.7. The molecule has 2 rings (SSSR count). The molecule has 0 saturated heterocycles. The molecule has 0 aliphatic carbocycles. The van der Waals surface area contributed by atoms with Crippen LogP contribution in [0, 0.1) is 0 Å². The molecule has 182 valence electrons. The average Bonchev–Trinajstić information content (AvgIpc) is 2.83. The van der Waals surface area contributed by atoms with Crippen molar-refractivity contribution in [3.63, 3.8) is 0 Å². The summed E-state index contributed by atoms with van der Waals surface area (Å²) in [4.78, 5) is 50.3. The van der Waals surface area contributed by atoms with Crippen molar-refractivity contribution < 1.29 is 38.9 Å².